The number of fused-ring (bicyclic) bond motifs is 4. The van der Waals surface area contributed by atoms with E-state index in [-0.39, 0.29) is 17.4 Å². The Morgan fingerprint density at radius 2 is 1.89 bits per heavy atom. The van der Waals surface area contributed by atoms with Gasteiger partial charge in [-0.15, -0.1) is 0 Å². The molecule has 0 saturated heterocycles. The molecular formula is C30H37N3O4. The summed E-state index contributed by atoms with van der Waals surface area (Å²) >= 11 is 0. The lowest BCUT2D eigenvalue weighted by molar-refractivity contribution is -0.0922. The Labute approximate surface area is 217 Å². The first kappa shape index (κ1) is 24.8. The molecule has 1 aromatic carbocycles. The molecule has 0 radical (unpaired) electrons. The van der Waals surface area contributed by atoms with Crippen LogP contribution in [-0.4, -0.2) is 74.4 Å². The maximum Gasteiger partial charge on any atom is 0.131 e. The Morgan fingerprint density at radius 1 is 1.11 bits per heavy atom. The van der Waals surface area contributed by atoms with Crippen LogP contribution in [0.4, 0.5) is 5.82 Å². The molecule has 0 aliphatic heterocycles. The van der Waals surface area contributed by atoms with Gasteiger partial charge in [0.05, 0.1) is 17.8 Å². The van der Waals surface area contributed by atoms with Crippen molar-refractivity contribution in [3.63, 3.8) is 0 Å². The second-order valence-electron chi connectivity index (χ2n) is 12.0. The van der Waals surface area contributed by atoms with Crippen molar-refractivity contribution in [1.29, 1.82) is 0 Å². The fraction of sp³-hybridized carbons (Fsp3) is 0.500. The molecule has 1 heterocycles. The van der Waals surface area contributed by atoms with Crippen molar-refractivity contribution in [2.75, 3.05) is 19.8 Å². The van der Waals surface area contributed by atoms with Crippen molar-refractivity contribution in [2.45, 2.75) is 69.0 Å². The zero-order valence-electron chi connectivity index (χ0n) is 21.7. The first-order chi connectivity index (χ1) is 17.5. The molecule has 7 unspecified atom stereocenters. The van der Waals surface area contributed by atoms with E-state index in [1.807, 2.05) is 37.2 Å². The molecule has 2 aromatic rings. The van der Waals surface area contributed by atoms with E-state index in [1.165, 1.54) is 11.1 Å². The van der Waals surface area contributed by atoms with E-state index < -0.39 is 23.9 Å². The van der Waals surface area contributed by atoms with E-state index in [0.717, 1.165) is 28.3 Å². The zero-order chi connectivity index (χ0) is 26.3. The van der Waals surface area contributed by atoms with Crippen LogP contribution in [0.15, 0.2) is 59.3 Å². The number of nitrogens with two attached hydrogens (primary N) is 1. The third kappa shape index (κ3) is 3.63. The third-order valence-corrected chi connectivity index (χ3v) is 9.72. The van der Waals surface area contributed by atoms with Gasteiger partial charge >= 0.3 is 0 Å². The molecule has 7 nitrogen and oxygen atoms in total. The molecule has 7 atom stereocenters. The van der Waals surface area contributed by atoms with E-state index in [2.05, 4.69) is 30.1 Å². The topological polar surface area (TPSA) is 123 Å². The largest absolute Gasteiger partial charge is 0.388 e. The molecule has 4 aliphatic rings. The summed E-state index contributed by atoms with van der Waals surface area (Å²) in [6, 6.07) is 7.91. The van der Waals surface area contributed by atoms with Crippen LogP contribution in [0.3, 0.4) is 0 Å². The first-order valence-electron chi connectivity index (χ1n) is 13.3. The number of allylic oxidation sites excluding steroid dienone is 3. The number of aromatic nitrogens is 1. The maximum atomic E-state index is 11.8. The normalized spacial score (nSPS) is 37.6. The summed E-state index contributed by atoms with van der Waals surface area (Å²) in [5, 5.41) is 47.1. The summed E-state index contributed by atoms with van der Waals surface area (Å²) < 4.78 is 0. The Kier molecular flexibility index (Phi) is 5.68. The second-order valence-corrected chi connectivity index (χ2v) is 12.0. The fourth-order valence-electron chi connectivity index (χ4n) is 7.66. The number of rotatable bonds is 2. The van der Waals surface area contributed by atoms with Gasteiger partial charge in [0.25, 0.3) is 0 Å². The average molecular weight is 504 g/mol. The number of benzene rings is 1. The Bertz CT molecular complexity index is 1360. The molecule has 37 heavy (non-hydrogen) atoms. The Balaban J connectivity index is 1.37. The number of nitrogen functional groups attached to an aromatic ring is 1. The predicted octanol–water partition coefficient (Wildman–Crippen LogP) is 2.79. The molecule has 1 aromatic heterocycles. The van der Waals surface area contributed by atoms with Crippen LogP contribution in [0.2, 0.25) is 0 Å². The standard InChI is InChI=1S/C30H37N3O4/c1-29-15-25(34)20-13-23-26(35)27(36)24(33(2)3)14-30(23,37)10-8-19(20)22(29)7-6-21(29)17-4-5-18-16(12-17)9-11-32-28(18)31/h4-6,9,11-13,22,24-27,34-37H,7-8,10,14-15H2,1-3H3,(H2,31,32). The molecular weight excluding hydrogens is 466 g/mol. The summed E-state index contributed by atoms with van der Waals surface area (Å²) in [5.41, 5.74) is 9.38. The minimum Gasteiger partial charge on any atom is -0.388 e. The molecule has 0 bridgehead atoms. The summed E-state index contributed by atoms with van der Waals surface area (Å²) in [6.07, 6.45) is 5.84. The van der Waals surface area contributed by atoms with Gasteiger partial charge in [-0.1, -0.05) is 36.8 Å². The van der Waals surface area contributed by atoms with Crippen molar-refractivity contribution in [3.05, 3.63) is 64.9 Å². The van der Waals surface area contributed by atoms with Gasteiger partial charge in [-0.3, -0.25) is 0 Å². The van der Waals surface area contributed by atoms with Gasteiger partial charge in [-0.25, -0.2) is 4.98 Å². The van der Waals surface area contributed by atoms with Crippen LogP contribution in [0.1, 0.15) is 44.6 Å². The lowest BCUT2D eigenvalue weighted by Gasteiger charge is -2.46. The highest BCUT2D eigenvalue weighted by Gasteiger charge is 2.53. The quantitative estimate of drug-likeness (QED) is 0.427. The smallest absolute Gasteiger partial charge is 0.131 e. The van der Waals surface area contributed by atoms with Crippen molar-refractivity contribution >= 4 is 22.2 Å². The summed E-state index contributed by atoms with van der Waals surface area (Å²) in [7, 11) is 3.72. The first-order valence-corrected chi connectivity index (χ1v) is 13.3. The number of nitrogens with zero attached hydrogens (tertiary/aromatic N) is 2. The monoisotopic (exact) mass is 503 g/mol. The number of pyridine rings is 1. The third-order valence-electron chi connectivity index (χ3n) is 9.72. The molecule has 0 spiro atoms. The highest BCUT2D eigenvalue weighted by atomic mass is 16.3. The van der Waals surface area contributed by atoms with Gasteiger partial charge in [0.15, 0.2) is 0 Å². The predicted molar refractivity (Wildman–Crippen MR) is 144 cm³/mol. The van der Waals surface area contributed by atoms with Crippen LogP contribution in [0.5, 0.6) is 0 Å². The van der Waals surface area contributed by atoms with Gasteiger partial charge in [-0.05, 0) is 91.9 Å². The maximum absolute atomic E-state index is 11.8. The van der Waals surface area contributed by atoms with Crippen molar-refractivity contribution in [2.24, 2.45) is 11.3 Å². The van der Waals surface area contributed by atoms with E-state index in [1.54, 1.807) is 6.20 Å². The number of hydrogen-bond donors (Lipinski definition) is 5. The van der Waals surface area contributed by atoms with Crippen LogP contribution >= 0.6 is 0 Å². The molecule has 196 valence electrons. The highest BCUT2D eigenvalue weighted by Crippen LogP contribution is 2.60. The lowest BCUT2D eigenvalue weighted by atomic mass is 9.61. The van der Waals surface area contributed by atoms with Crippen LogP contribution in [0, 0.1) is 11.3 Å². The van der Waals surface area contributed by atoms with Crippen LogP contribution < -0.4 is 5.73 Å². The summed E-state index contributed by atoms with van der Waals surface area (Å²) in [6.45, 7) is 2.25. The molecule has 6 N–H and O–H groups in total. The SMILES string of the molecule is CN(C)C1CC2(O)CCC3=C(C=C2C(O)C1O)C(O)CC1(C)C(c2ccc4c(N)nccc4c2)=CCC31. The number of hydrogen-bond acceptors (Lipinski definition) is 7. The van der Waals surface area contributed by atoms with Gasteiger partial charge in [0.2, 0.25) is 0 Å². The van der Waals surface area contributed by atoms with Gasteiger partial charge in [0.1, 0.15) is 11.9 Å². The van der Waals surface area contributed by atoms with Crippen LogP contribution in [-0.2, 0) is 0 Å². The van der Waals surface area contributed by atoms with Crippen molar-refractivity contribution in [3.8, 4) is 0 Å². The number of aliphatic hydroxyl groups excluding tert-OH is 3. The molecule has 6 rings (SSSR count). The number of aliphatic hydroxyl groups is 4. The molecule has 1 fully saturated rings. The second kappa shape index (κ2) is 8.48. The Morgan fingerprint density at radius 3 is 2.65 bits per heavy atom. The molecule has 7 heteroatoms. The van der Waals surface area contributed by atoms with E-state index >= 15 is 0 Å². The summed E-state index contributed by atoms with van der Waals surface area (Å²) in [4.78, 5) is 6.07. The van der Waals surface area contributed by atoms with Gasteiger partial charge in [0, 0.05) is 23.0 Å². The number of anilines is 1. The highest BCUT2D eigenvalue weighted by molar-refractivity contribution is 5.93. The van der Waals surface area contributed by atoms with E-state index in [0.29, 0.717) is 37.1 Å². The molecule has 4 aliphatic carbocycles. The van der Waals surface area contributed by atoms with Crippen molar-refractivity contribution in [1.82, 2.24) is 9.88 Å². The summed E-state index contributed by atoms with van der Waals surface area (Å²) in [5.74, 6) is 0.720. The van der Waals surface area contributed by atoms with Gasteiger partial charge in [-0.2, -0.15) is 0 Å². The molecule has 0 amide bonds. The van der Waals surface area contributed by atoms with Crippen LogP contribution in [0.25, 0.3) is 16.3 Å². The zero-order valence-corrected chi connectivity index (χ0v) is 21.7. The Hall–Kier alpha value is -2.55. The molecule has 1 saturated carbocycles. The minimum absolute atomic E-state index is 0.200. The van der Waals surface area contributed by atoms with Crippen molar-refractivity contribution < 1.29 is 20.4 Å². The van der Waals surface area contributed by atoms with E-state index in [9.17, 15) is 20.4 Å². The average Bonchev–Trinajstić information content (AvgIpc) is 3.10. The minimum atomic E-state index is -1.22. The van der Waals surface area contributed by atoms with E-state index in [4.69, 9.17) is 5.73 Å². The lowest BCUT2D eigenvalue weighted by Crippen LogP contribution is -2.58. The number of likely N-dealkylation sites (N-methyl/N-ethyl adjacent to an activating group) is 1. The fourth-order valence-corrected chi connectivity index (χ4v) is 7.66. The van der Waals surface area contributed by atoms with Gasteiger partial charge < -0.3 is 31.1 Å².